The molecule has 1 aliphatic rings. The molecule has 1 atom stereocenters. The van der Waals surface area contributed by atoms with Crippen LogP contribution in [0, 0.1) is 0 Å². The van der Waals surface area contributed by atoms with Crippen molar-refractivity contribution in [3.8, 4) is 17.2 Å². The number of rotatable bonds is 7. The molecule has 0 fully saturated rings. The molecule has 3 amide bonds. The second-order valence-electron chi connectivity index (χ2n) is 7.19. The minimum atomic E-state index is -0.338. The van der Waals surface area contributed by atoms with E-state index in [0.29, 0.717) is 43.3 Å². The molecule has 0 aliphatic carbocycles. The first kappa shape index (κ1) is 22.3. The van der Waals surface area contributed by atoms with Crippen molar-refractivity contribution in [3.05, 3.63) is 47.5 Å². The van der Waals surface area contributed by atoms with E-state index in [0.717, 1.165) is 16.9 Å². The summed E-state index contributed by atoms with van der Waals surface area (Å²) in [6, 6.07) is 10.5. The molecule has 1 heterocycles. The van der Waals surface area contributed by atoms with Gasteiger partial charge in [-0.3, -0.25) is 4.79 Å². The third-order valence-corrected chi connectivity index (χ3v) is 5.22. The van der Waals surface area contributed by atoms with E-state index in [1.165, 1.54) is 6.92 Å². The molecule has 166 valence electrons. The van der Waals surface area contributed by atoms with Crippen LogP contribution in [-0.4, -0.2) is 50.8 Å². The van der Waals surface area contributed by atoms with Crippen molar-refractivity contribution in [1.82, 2.24) is 10.2 Å². The van der Waals surface area contributed by atoms with E-state index in [2.05, 4.69) is 10.6 Å². The highest BCUT2D eigenvalue weighted by Crippen LogP contribution is 2.38. The minimum absolute atomic E-state index is 0.153. The van der Waals surface area contributed by atoms with Crippen LogP contribution in [0.15, 0.2) is 36.4 Å². The number of nitrogens with zero attached hydrogens (tertiary/aromatic N) is 1. The van der Waals surface area contributed by atoms with Gasteiger partial charge in [0.2, 0.25) is 5.91 Å². The second-order valence-corrected chi connectivity index (χ2v) is 7.19. The van der Waals surface area contributed by atoms with Crippen molar-refractivity contribution < 1.29 is 23.8 Å². The van der Waals surface area contributed by atoms with Gasteiger partial charge >= 0.3 is 6.03 Å². The number of carbonyl (C=O) groups excluding carboxylic acids is 2. The summed E-state index contributed by atoms with van der Waals surface area (Å²) in [6.07, 6.45) is 0.670. The van der Waals surface area contributed by atoms with Gasteiger partial charge in [-0.25, -0.2) is 4.79 Å². The maximum absolute atomic E-state index is 13.1. The standard InChI is InChI=1S/C23H29N3O5/c1-5-31-18-8-6-17(7-9-18)25-23(28)26-11-10-16-12-21(29-3)22(30-4)13-19(16)20(26)14-24-15(2)27/h6-9,12-13,20H,5,10-11,14H2,1-4H3,(H,24,27)(H,25,28)/t20-/m0/s1. The molecule has 8 heteroatoms. The molecular formula is C23H29N3O5. The van der Waals surface area contributed by atoms with Crippen LogP contribution >= 0.6 is 0 Å². The number of fused-ring (bicyclic) bond motifs is 1. The summed E-state index contributed by atoms with van der Waals surface area (Å²) in [7, 11) is 3.17. The van der Waals surface area contributed by atoms with E-state index in [1.54, 1.807) is 31.3 Å². The molecule has 1 aliphatic heterocycles. The number of nitrogens with one attached hydrogen (secondary N) is 2. The predicted octanol–water partition coefficient (Wildman–Crippen LogP) is 3.37. The monoisotopic (exact) mass is 427 g/mol. The van der Waals surface area contributed by atoms with Gasteiger partial charge in [-0.15, -0.1) is 0 Å². The van der Waals surface area contributed by atoms with Crippen molar-refractivity contribution in [1.29, 1.82) is 0 Å². The fourth-order valence-corrected chi connectivity index (χ4v) is 3.73. The number of hydrogen-bond acceptors (Lipinski definition) is 5. The quantitative estimate of drug-likeness (QED) is 0.707. The van der Waals surface area contributed by atoms with Crippen LogP contribution < -0.4 is 24.8 Å². The lowest BCUT2D eigenvalue weighted by Crippen LogP contribution is -2.46. The molecule has 2 aromatic carbocycles. The molecule has 0 saturated heterocycles. The van der Waals surface area contributed by atoms with E-state index in [-0.39, 0.29) is 18.0 Å². The van der Waals surface area contributed by atoms with Crippen molar-refractivity contribution in [2.45, 2.75) is 26.3 Å². The third-order valence-electron chi connectivity index (χ3n) is 5.22. The van der Waals surface area contributed by atoms with Crippen molar-refractivity contribution >= 4 is 17.6 Å². The summed E-state index contributed by atoms with van der Waals surface area (Å²) in [5.74, 6) is 1.83. The van der Waals surface area contributed by atoms with Crippen LogP contribution in [0.5, 0.6) is 17.2 Å². The first-order valence-corrected chi connectivity index (χ1v) is 10.3. The maximum Gasteiger partial charge on any atom is 0.322 e. The molecule has 0 radical (unpaired) electrons. The lowest BCUT2D eigenvalue weighted by atomic mass is 9.92. The zero-order valence-electron chi connectivity index (χ0n) is 18.4. The second kappa shape index (κ2) is 10.1. The predicted molar refractivity (Wildman–Crippen MR) is 118 cm³/mol. The highest BCUT2D eigenvalue weighted by atomic mass is 16.5. The van der Waals surface area contributed by atoms with E-state index in [4.69, 9.17) is 14.2 Å². The third kappa shape index (κ3) is 5.20. The van der Waals surface area contributed by atoms with Crippen LogP contribution in [-0.2, 0) is 11.2 Å². The van der Waals surface area contributed by atoms with Crippen molar-refractivity contribution in [2.75, 3.05) is 39.2 Å². The lowest BCUT2D eigenvalue weighted by molar-refractivity contribution is -0.119. The van der Waals surface area contributed by atoms with Gasteiger partial charge in [0, 0.05) is 25.7 Å². The molecule has 0 saturated carbocycles. The Bertz CT molecular complexity index is 930. The van der Waals surface area contributed by atoms with Gasteiger partial charge in [-0.05, 0) is 60.9 Å². The number of amides is 3. The summed E-state index contributed by atoms with van der Waals surface area (Å²) < 4.78 is 16.3. The van der Waals surface area contributed by atoms with Crippen LogP contribution in [0.4, 0.5) is 10.5 Å². The molecular weight excluding hydrogens is 398 g/mol. The molecule has 0 bridgehead atoms. The van der Waals surface area contributed by atoms with Crippen molar-refractivity contribution in [2.24, 2.45) is 0 Å². The Morgan fingerprint density at radius 3 is 2.39 bits per heavy atom. The van der Waals surface area contributed by atoms with Crippen LogP contribution in [0.25, 0.3) is 0 Å². The lowest BCUT2D eigenvalue weighted by Gasteiger charge is -2.37. The highest BCUT2D eigenvalue weighted by molar-refractivity contribution is 5.90. The Kier molecular flexibility index (Phi) is 7.23. The number of anilines is 1. The Balaban J connectivity index is 1.86. The average molecular weight is 428 g/mol. The summed E-state index contributed by atoms with van der Waals surface area (Å²) in [4.78, 5) is 26.5. The number of hydrogen-bond donors (Lipinski definition) is 2. The van der Waals surface area contributed by atoms with Gasteiger partial charge in [-0.1, -0.05) is 0 Å². The smallest absolute Gasteiger partial charge is 0.322 e. The summed E-state index contributed by atoms with van der Waals surface area (Å²) in [5, 5.41) is 5.79. The Hall–Kier alpha value is -3.42. The molecule has 0 aromatic heterocycles. The van der Waals surface area contributed by atoms with E-state index >= 15 is 0 Å². The van der Waals surface area contributed by atoms with Crippen LogP contribution in [0.1, 0.15) is 31.0 Å². The van der Waals surface area contributed by atoms with Crippen molar-refractivity contribution in [3.63, 3.8) is 0 Å². The van der Waals surface area contributed by atoms with E-state index in [9.17, 15) is 9.59 Å². The number of benzene rings is 2. The first-order valence-electron chi connectivity index (χ1n) is 10.3. The zero-order chi connectivity index (χ0) is 22.4. The fraction of sp³-hybridized carbons (Fsp3) is 0.391. The zero-order valence-corrected chi connectivity index (χ0v) is 18.4. The SMILES string of the molecule is CCOc1ccc(NC(=O)N2CCc3cc(OC)c(OC)cc3[C@@H]2CNC(C)=O)cc1. The Morgan fingerprint density at radius 1 is 1.10 bits per heavy atom. The number of urea groups is 1. The molecule has 2 N–H and O–H groups in total. The molecule has 0 unspecified atom stereocenters. The van der Waals surface area contributed by atoms with Gasteiger partial charge in [0.05, 0.1) is 26.9 Å². The Labute approximate surface area is 182 Å². The highest BCUT2D eigenvalue weighted by Gasteiger charge is 2.32. The fourth-order valence-electron chi connectivity index (χ4n) is 3.73. The van der Waals surface area contributed by atoms with Gasteiger partial charge in [0.1, 0.15) is 5.75 Å². The molecule has 31 heavy (non-hydrogen) atoms. The number of ether oxygens (including phenoxy) is 3. The van der Waals surface area contributed by atoms with E-state index in [1.807, 2.05) is 31.2 Å². The van der Waals surface area contributed by atoms with E-state index < -0.39 is 0 Å². The number of methoxy groups -OCH3 is 2. The molecule has 8 nitrogen and oxygen atoms in total. The topological polar surface area (TPSA) is 89.1 Å². The summed E-state index contributed by atoms with van der Waals surface area (Å²) >= 11 is 0. The largest absolute Gasteiger partial charge is 0.494 e. The van der Waals surface area contributed by atoms with Gasteiger partial charge < -0.3 is 29.7 Å². The Morgan fingerprint density at radius 2 is 1.77 bits per heavy atom. The normalized spacial score (nSPS) is 15.0. The minimum Gasteiger partial charge on any atom is -0.494 e. The average Bonchev–Trinajstić information content (AvgIpc) is 2.77. The van der Waals surface area contributed by atoms with Gasteiger partial charge in [-0.2, -0.15) is 0 Å². The summed E-state index contributed by atoms with van der Waals surface area (Å²) in [6.45, 7) is 4.77. The maximum atomic E-state index is 13.1. The van der Waals surface area contributed by atoms with Gasteiger partial charge in [0.25, 0.3) is 0 Å². The molecule has 3 rings (SSSR count). The van der Waals surface area contributed by atoms with Gasteiger partial charge in [0.15, 0.2) is 11.5 Å². The first-order chi connectivity index (χ1) is 15.0. The molecule has 0 spiro atoms. The van der Waals surface area contributed by atoms with Crippen LogP contribution in [0.3, 0.4) is 0 Å². The van der Waals surface area contributed by atoms with Crippen LogP contribution in [0.2, 0.25) is 0 Å². The number of carbonyl (C=O) groups is 2. The summed E-state index contributed by atoms with van der Waals surface area (Å²) in [5.41, 5.74) is 2.67. The molecule has 2 aromatic rings.